The molecular weight excluding hydrogens is 228 g/mol. The minimum absolute atomic E-state index is 0.0904. The van der Waals surface area contributed by atoms with Crippen LogP contribution in [0.4, 0.5) is 0 Å². The molecule has 4 nitrogen and oxygen atoms in total. The lowest BCUT2D eigenvalue weighted by molar-refractivity contribution is 0.230. The standard InChI is InChI=1S/C14H18N2O2/c1-5-11-14(18-9(2)3)16-13-8-10(17-4)6-7-12(13)15-11/h6-9H,5H2,1-4H3. The van der Waals surface area contributed by atoms with Crippen molar-refractivity contribution in [2.45, 2.75) is 33.3 Å². The van der Waals surface area contributed by atoms with E-state index in [0.717, 1.165) is 28.9 Å². The molecule has 0 fully saturated rings. The molecule has 0 amide bonds. The number of hydrogen-bond donors (Lipinski definition) is 0. The molecule has 0 bridgehead atoms. The predicted molar refractivity (Wildman–Crippen MR) is 71.2 cm³/mol. The molecule has 0 aliphatic carbocycles. The van der Waals surface area contributed by atoms with E-state index in [1.807, 2.05) is 39.0 Å². The second-order valence-corrected chi connectivity index (χ2v) is 4.35. The molecule has 0 aliphatic rings. The predicted octanol–water partition coefficient (Wildman–Crippen LogP) is 2.99. The van der Waals surface area contributed by atoms with E-state index < -0.39 is 0 Å². The zero-order valence-electron chi connectivity index (χ0n) is 11.2. The second kappa shape index (κ2) is 5.21. The summed E-state index contributed by atoms with van der Waals surface area (Å²) in [6.07, 6.45) is 0.893. The van der Waals surface area contributed by atoms with Crippen LogP contribution in [0.3, 0.4) is 0 Å². The second-order valence-electron chi connectivity index (χ2n) is 4.35. The molecule has 1 aromatic heterocycles. The summed E-state index contributed by atoms with van der Waals surface area (Å²) in [4.78, 5) is 9.11. The van der Waals surface area contributed by atoms with Gasteiger partial charge in [0, 0.05) is 6.07 Å². The molecule has 18 heavy (non-hydrogen) atoms. The van der Waals surface area contributed by atoms with Crippen molar-refractivity contribution in [2.75, 3.05) is 7.11 Å². The van der Waals surface area contributed by atoms with Gasteiger partial charge in [-0.2, -0.15) is 0 Å². The average Bonchev–Trinajstić information content (AvgIpc) is 2.36. The van der Waals surface area contributed by atoms with Crippen LogP contribution >= 0.6 is 0 Å². The minimum atomic E-state index is 0.0904. The van der Waals surface area contributed by atoms with Gasteiger partial charge in [0.05, 0.1) is 24.2 Å². The summed E-state index contributed by atoms with van der Waals surface area (Å²) in [5.74, 6) is 1.39. The van der Waals surface area contributed by atoms with Gasteiger partial charge >= 0.3 is 0 Å². The number of benzene rings is 1. The maximum absolute atomic E-state index is 5.70. The Bertz CT molecular complexity index is 553. The quantitative estimate of drug-likeness (QED) is 0.832. The van der Waals surface area contributed by atoms with Crippen LogP contribution in [-0.4, -0.2) is 23.2 Å². The smallest absolute Gasteiger partial charge is 0.236 e. The molecule has 0 unspecified atom stereocenters. The lowest BCUT2D eigenvalue weighted by Gasteiger charge is -2.12. The Morgan fingerprint density at radius 1 is 1.17 bits per heavy atom. The van der Waals surface area contributed by atoms with Crippen LogP contribution in [0, 0.1) is 0 Å². The van der Waals surface area contributed by atoms with Crippen molar-refractivity contribution in [1.29, 1.82) is 0 Å². The Hall–Kier alpha value is -1.84. The summed E-state index contributed by atoms with van der Waals surface area (Å²) < 4.78 is 10.9. The molecule has 1 aromatic carbocycles. The van der Waals surface area contributed by atoms with Gasteiger partial charge < -0.3 is 9.47 Å². The van der Waals surface area contributed by atoms with Crippen LogP contribution in [0.5, 0.6) is 11.6 Å². The van der Waals surface area contributed by atoms with E-state index in [9.17, 15) is 0 Å². The normalized spacial score (nSPS) is 10.9. The lowest BCUT2D eigenvalue weighted by atomic mass is 10.2. The van der Waals surface area contributed by atoms with E-state index in [0.29, 0.717) is 5.88 Å². The van der Waals surface area contributed by atoms with Crippen molar-refractivity contribution in [1.82, 2.24) is 9.97 Å². The number of rotatable bonds is 4. The van der Waals surface area contributed by atoms with Crippen molar-refractivity contribution in [3.05, 3.63) is 23.9 Å². The van der Waals surface area contributed by atoms with Crippen molar-refractivity contribution in [2.24, 2.45) is 0 Å². The Kier molecular flexibility index (Phi) is 3.65. The number of hydrogen-bond acceptors (Lipinski definition) is 4. The highest BCUT2D eigenvalue weighted by atomic mass is 16.5. The Morgan fingerprint density at radius 3 is 2.56 bits per heavy atom. The van der Waals surface area contributed by atoms with E-state index in [2.05, 4.69) is 9.97 Å². The Morgan fingerprint density at radius 2 is 1.94 bits per heavy atom. The van der Waals surface area contributed by atoms with Gasteiger partial charge in [0.25, 0.3) is 0 Å². The summed E-state index contributed by atoms with van der Waals surface area (Å²) in [5.41, 5.74) is 2.55. The van der Waals surface area contributed by atoms with Gasteiger partial charge in [-0.3, -0.25) is 0 Å². The third-order valence-electron chi connectivity index (χ3n) is 2.59. The SMILES string of the molecule is CCc1nc2ccc(OC)cc2nc1OC(C)C. The molecule has 0 N–H and O–H groups in total. The molecule has 0 saturated carbocycles. The van der Waals surface area contributed by atoms with Gasteiger partial charge in [-0.15, -0.1) is 0 Å². The molecule has 4 heteroatoms. The average molecular weight is 246 g/mol. The topological polar surface area (TPSA) is 44.2 Å². The van der Waals surface area contributed by atoms with Crippen LogP contribution < -0.4 is 9.47 Å². The van der Waals surface area contributed by atoms with Gasteiger partial charge in [0.2, 0.25) is 5.88 Å². The number of aromatic nitrogens is 2. The zero-order valence-corrected chi connectivity index (χ0v) is 11.2. The summed E-state index contributed by atoms with van der Waals surface area (Å²) >= 11 is 0. The molecule has 2 rings (SSSR count). The number of nitrogens with zero attached hydrogens (tertiary/aromatic N) is 2. The van der Waals surface area contributed by atoms with Crippen LogP contribution in [-0.2, 0) is 6.42 Å². The number of fused-ring (bicyclic) bond motifs is 1. The number of aryl methyl sites for hydroxylation is 1. The van der Waals surface area contributed by atoms with Crippen LogP contribution in [0.25, 0.3) is 11.0 Å². The molecule has 2 aromatic rings. The van der Waals surface area contributed by atoms with Crippen LogP contribution in [0.1, 0.15) is 26.5 Å². The number of ether oxygens (including phenoxy) is 2. The molecule has 0 radical (unpaired) electrons. The highest BCUT2D eigenvalue weighted by molar-refractivity contribution is 5.76. The maximum Gasteiger partial charge on any atom is 0.236 e. The first-order valence-electron chi connectivity index (χ1n) is 6.15. The zero-order chi connectivity index (χ0) is 13.1. The van der Waals surface area contributed by atoms with E-state index in [4.69, 9.17) is 9.47 Å². The van der Waals surface area contributed by atoms with Gasteiger partial charge in [-0.05, 0) is 32.4 Å². The first-order chi connectivity index (χ1) is 8.63. The molecule has 1 heterocycles. The van der Waals surface area contributed by atoms with Gasteiger partial charge in [0.1, 0.15) is 11.4 Å². The van der Waals surface area contributed by atoms with E-state index in [-0.39, 0.29) is 6.10 Å². The summed E-state index contributed by atoms with van der Waals surface area (Å²) in [7, 11) is 1.64. The third-order valence-corrected chi connectivity index (χ3v) is 2.59. The van der Waals surface area contributed by atoms with Crippen LogP contribution in [0.15, 0.2) is 18.2 Å². The van der Waals surface area contributed by atoms with E-state index in [1.165, 1.54) is 0 Å². The first-order valence-corrected chi connectivity index (χ1v) is 6.15. The highest BCUT2D eigenvalue weighted by Crippen LogP contribution is 2.23. The monoisotopic (exact) mass is 246 g/mol. The Balaban J connectivity index is 2.54. The van der Waals surface area contributed by atoms with Crippen molar-refractivity contribution in [3.63, 3.8) is 0 Å². The lowest BCUT2D eigenvalue weighted by Crippen LogP contribution is -2.10. The molecule has 0 saturated heterocycles. The van der Waals surface area contributed by atoms with Crippen LogP contribution in [0.2, 0.25) is 0 Å². The third kappa shape index (κ3) is 2.53. The van der Waals surface area contributed by atoms with Crippen molar-refractivity contribution in [3.8, 4) is 11.6 Å². The Labute approximate surface area is 107 Å². The molecule has 0 aliphatic heterocycles. The summed E-state index contributed by atoms with van der Waals surface area (Å²) in [5, 5.41) is 0. The largest absolute Gasteiger partial charge is 0.497 e. The maximum atomic E-state index is 5.70. The highest BCUT2D eigenvalue weighted by Gasteiger charge is 2.10. The van der Waals surface area contributed by atoms with Gasteiger partial charge in [0.15, 0.2) is 0 Å². The fourth-order valence-electron chi connectivity index (χ4n) is 1.73. The molecular formula is C14H18N2O2. The fourth-order valence-corrected chi connectivity index (χ4v) is 1.73. The van der Waals surface area contributed by atoms with Gasteiger partial charge in [-0.25, -0.2) is 9.97 Å². The molecule has 0 atom stereocenters. The van der Waals surface area contributed by atoms with Crippen molar-refractivity contribution >= 4 is 11.0 Å². The summed E-state index contributed by atoms with van der Waals surface area (Å²) in [6.45, 7) is 6.01. The fraction of sp³-hybridized carbons (Fsp3) is 0.429. The van der Waals surface area contributed by atoms with E-state index in [1.54, 1.807) is 7.11 Å². The van der Waals surface area contributed by atoms with Gasteiger partial charge in [-0.1, -0.05) is 6.92 Å². The summed E-state index contributed by atoms with van der Waals surface area (Å²) in [6, 6.07) is 5.67. The minimum Gasteiger partial charge on any atom is -0.497 e. The molecule has 0 spiro atoms. The van der Waals surface area contributed by atoms with Crippen molar-refractivity contribution < 1.29 is 9.47 Å². The first kappa shape index (κ1) is 12.6. The van der Waals surface area contributed by atoms with E-state index >= 15 is 0 Å². The molecule has 96 valence electrons. The number of methoxy groups -OCH3 is 1.